The molecule has 0 bridgehead atoms. The average Bonchev–Trinajstić information content (AvgIpc) is 2.38. The number of rotatable bonds is 8. The van der Waals surface area contributed by atoms with Crippen LogP contribution in [0.3, 0.4) is 0 Å². The molecule has 3 heteroatoms. The van der Waals surface area contributed by atoms with Crippen LogP contribution >= 0.6 is 0 Å². The summed E-state index contributed by atoms with van der Waals surface area (Å²) in [4.78, 5) is 0. The summed E-state index contributed by atoms with van der Waals surface area (Å²) in [6, 6.07) is 5.81. The average molecular weight is 237 g/mol. The van der Waals surface area contributed by atoms with Crippen molar-refractivity contribution >= 4 is 0 Å². The Labute approximate surface area is 104 Å². The largest absolute Gasteiger partial charge is 0.493 e. The fraction of sp³-hybridized carbons (Fsp3) is 0.500. The van der Waals surface area contributed by atoms with E-state index in [0.29, 0.717) is 6.61 Å². The highest BCUT2D eigenvalue weighted by Gasteiger charge is 2.08. The first kappa shape index (κ1) is 13.8. The van der Waals surface area contributed by atoms with Crippen LogP contribution < -0.4 is 9.47 Å². The zero-order chi connectivity index (χ0) is 12.5. The van der Waals surface area contributed by atoms with Crippen LogP contribution in [0.2, 0.25) is 0 Å². The fourth-order valence-electron chi connectivity index (χ4n) is 1.63. The van der Waals surface area contributed by atoms with Crippen molar-refractivity contribution in [1.29, 1.82) is 0 Å². The summed E-state index contributed by atoms with van der Waals surface area (Å²) >= 11 is 0. The molecular formula is C14H21O3. The van der Waals surface area contributed by atoms with Crippen molar-refractivity contribution in [2.24, 2.45) is 0 Å². The van der Waals surface area contributed by atoms with Gasteiger partial charge in [-0.15, -0.1) is 0 Å². The van der Waals surface area contributed by atoms with E-state index >= 15 is 0 Å². The standard InChI is InChI=1S/C14H21O3/c1-4-5-6-10-17-11-12-8-7-9-13(15-2)14(12)16-3/h7-9H,1,4-6,10-11H2,2-3H3. The lowest BCUT2D eigenvalue weighted by molar-refractivity contribution is 0.115. The van der Waals surface area contributed by atoms with Crippen molar-refractivity contribution in [2.45, 2.75) is 25.9 Å². The van der Waals surface area contributed by atoms with Gasteiger partial charge in [0.1, 0.15) is 0 Å². The van der Waals surface area contributed by atoms with Gasteiger partial charge in [0, 0.05) is 12.2 Å². The first-order valence-electron chi connectivity index (χ1n) is 5.90. The molecule has 17 heavy (non-hydrogen) atoms. The Balaban J connectivity index is 2.52. The van der Waals surface area contributed by atoms with Crippen LogP contribution in [-0.2, 0) is 11.3 Å². The van der Waals surface area contributed by atoms with E-state index in [1.54, 1.807) is 14.2 Å². The van der Waals surface area contributed by atoms with E-state index in [1.165, 1.54) is 0 Å². The maximum atomic E-state index is 5.60. The van der Waals surface area contributed by atoms with Crippen molar-refractivity contribution in [2.75, 3.05) is 20.8 Å². The molecular weight excluding hydrogens is 216 g/mol. The van der Waals surface area contributed by atoms with Crippen molar-refractivity contribution in [3.05, 3.63) is 30.7 Å². The Morgan fingerprint density at radius 3 is 2.59 bits per heavy atom. The normalized spacial score (nSPS) is 10.3. The first-order chi connectivity index (χ1) is 8.33. The van der Waals surface area contributed by atoms with Gasteiger partial charge in [-0.05, 0) is 12.5 Å². The van der Waals surface area contributed by atoms with E-state index in [0.717, 1.165) is 42.9 Å². The lowest BCUT2D eigenvalue weighted by atomic mass is 10.2. The Morgan fingerprint density at radius 1 is 1.12 bits per heavy atom. The van der Waals surface area contributed by atoms with Gasteiger partial charge in [0.2, 0.25) is 0 Å². The number of methoxy groups -OCH3 is 2. The lowest BCUT2D eigenvalue weighted by Gasteiger charge is -2.12. The molecule has 1 radical (unpaired) electrons. The molecule has 1 aromatic rings. The number of benzene rings is 1. The molecule has 0 unspecified atom stereocenters. The maximum absolute atomic E-state index is 5.60. The number of hydrogen-bond acceptors (Lipinski definition) is 3. The van der Waals surface area contributed by atoms with Gasteiger partial charge in [-0.25, -0.2) is 0 Å². The third kappa shape index (κ3) is 4.27. The van der Waals surface area contributed by atoms with Crippen LogP contribution in [0.25, 0.3) is 0 Å². The monoisotopic (exact) mass is 237 g/mol. The van der Waals surface area contributed by atoms with Gasteiger partial charge >= 0.3 is 0 Å². The van der Waals surface area contributed by atoms with E-state index in [1.807, 2.05) is 18.2 Å². The molecule has 0 aliphatic rings. The third-order valence-electron chi connectivity index (χ3n) is 2.53. The van der Waals surface area contributed by atoms with Gasteiger partial charge in [-0.1, -0.05) is 31.9 Å². The summed E-state index contributed by atoms with van der Waals surface area (Å²) < 4.78 is 16.2. The van der Waals surface area contributed by atoms with Crippen LogP contribution in [0.1, 0.15) is 24.8 Å². The number of ether oxygens (including phenoxy) is 3. The van der Waals surface area contributed by atoms with Crippen LogP contribution in [-0.4, -0.2) is 20.8 Å². The van der Waals surface area contributed by atoms with Gasteiger partial charge in [0.15, 0.2) is 11.5 Å². The molecule has 0 aromatic heterocycles. The van der Waals surface area contributed by atoms with Crippen LogP contribution in [0, 0.1) is 6.92 Å². The Kier molecular flexibility index (Phi) is 6.48. The lowest BCUT2D eigenvalue weighted by Crippen LogP contribution is -2.00. The zero-order valence-corrected chi connectivity index (χ0v) is 10.7. The van der Waals surface area contributed by atoms with E-state index in [2.05, 4.69) is 6.92 Å². The highest BCUT2D eigenvalue weighted by molar-refractivity contribution is 5.46. The first-order valence-corrected chi connectivity index (χ1v) is 5.90. The van der Waals surface area contributed by atoms with Crippen molar-refractivity contribution in [1.82, 2.24) is 0 Å². The smallest absolute Gasteiger partial charge is 0.166 e. The van der Waals surface area contributed by atoms with E-state index in [9.17, 15) is 0 Å². The van der Waals surface area contributed by atoms with E-state index in [4.69, 9.17) is 14.2 Å². The second-order valence-electron chi connectivity index (χ2n) is 3.77. The predicted octanol–water partition coefficient (Wildman–Crippen LogP) is 3.22. The third-order valence-corrected chi connectivity index (χ3v) is 2.53. The molecule has 1 rings (SSSR count). The van der Waals surface area contributed by atoms with E-state index in [-0.39, 0.29) is 0 Å². The van der Waals surface area contributed by atoms with Gasteiger partial charge in [0.05, 0.1) is 20.8 Å². The molecule has 0 spiro atoms. The summed E-state index contributed by atoms with van der Waals surface area (Å²) in [7, 11) is 3.28. The number of hydrogen-bond donors (Lipinski definition) is 0. The van der Waals surface area contributed by atoms with Crippen molar-refractivity contribution in [3.63, 3.8) is 0 Å². The number of unbranched alkanes of at least 4 members (excludes halogenated alkanes) is 2. The predicted molar refractivity (Wildman–Crippen MR) is 68.4 cm³/mol. The minimum absolute atomic E-state index is 0.553. The Morgan fingerprint density at radius 2 is 1.94 bits per heavy atom. The van der Waals surface area contributed by atoms with Gasteiger partial charge in [-0.3, -0.25) is 0 Å². The van der Waals surface area contributed by atoms with Gasteiger partial charge < -0.3 is 14.2 Å². The number of para-hydroxylation sites is 1. The molecule has 3 nitrogen and oxygen atoms in total. The quantitative estimate of drug-likeness (QED) is 0.650. The Bertz CT molecular complexity index is 323. The second kappa shape index (κ2) is 7.96. The molecule has 0 fully saturated rings. The molecule has 1 aromatic carbocycles. The minimum Gasteiger partial charge on any atom is -0.493 e. The summed E-state index contributed by atoms with van der Waals surface area (Å²) in [6.45, 7) is 5.11. The zero-order valence-electron chi connectivity index (χ0n) is 10.7. The van der Waals surface area contributed by atoms with Gasteiger partial charge in [-0.2, -0.15) is 0 Å². The molecule has 0 aliphatic carbocycles. The highest BCUT2D eigenvalue weighted by Crippen LogP contribution is 2.30. The molecule has 0 amide bonds. The molecule has 0 saturated carbocycles. The van der Waals surface area contributed by atoms with Crippen LogP contribution in [0.15, 0.2) is 18.2 Å². The maximum Gasteiger partial charge on any atom is 0.166 e. The van der Waals surface area contributed by atoms with Crippen molar-refractivity contribution in [3.8, 4) is 11.5 Å². The molecule has 0 N–H and O–H groups in total. The van der Waals surface area contributed by atoms with E-state index < -0.39 is 0 Å². The van der Waals surface area contributed by atoms with Gasteiger partial charge in [0.25, 0.3) is 0 Å². The summed E-state index contributed by atoms with van der Waals surface area (Å²) in [5, 5.41) is 0. The highest BCUT2D eigenvalue weighted by atomic mass is 16.5. The summed E-state index contributed by atoms with van der Waals surface area (Å²) in [5.74, 6) is 1.50. The molecule has 0 saturated heterocycles. The topological polar surface area (TPSA) is 27.7 Å². The fourth-order valence-corrected chi connectivity index (χ4v) is 1.63. The van der Waals surface area contributed by atoms with Crippen molar-refractivity contribution < 1.29 is 14.2 Å². The molecule has 0 atom stereocenters. The molecule has 0 aliphatic heterocycles. The van der Waals surface area contributed by atoms with Crippen LogP contribution in [0.4, 0.5) is 0 Å². The minimum atomic E-state index is 0.553. The Hall–Kier alpha value is -1.22. The van der Waals surface area contributed by atoms with Crippen LogP contribution in [0.5, 0.6) is 11.5 Å². The molecule has 0 heterocycles. The molecule has 95 valence electrons. The SMILES string of the molecule is [CH2]CCCCOCc1cccc(OC)c1OC. The second-order valence-corrected chi connectivity index (χ2v) is 3.77. The summed E-state index contributed by atoms with van der Waals surface area (Å²) in [5.41, 5.74) is 1.02. The summed E-state index contributed by atoms with van der Waals surface area (Å²) in [6.07, 6.45) is 3.12.